The molecule has 0 aliphatic rings. The lowest BCUT2D eigenvalue weighted by Gasteiger charge is -2.10. The van der Waals surface area contributed by atoms with E-state index in [2.05, 4.69) is 29.0 Å². The Hall–Kier alpha value is -1.06. The smallest absolute Gasteiger partial charge is 0.293 e. The van der Waals surface area contributed by atoms with Crippen molar-refractivity contribution in [2.24, 2.45) is 5.92 Å². The zero-order valence-electron chi connectivity index (χ0n) is 7.01. The molecule has 1 aromatic heterocycles. The predicted octanol–water partition coefficient (Wildman–Crippen LogP) is 0.857. The summed E-state index contributed by atoms with van der Waals surface area (Å²) in [6, 6.07) is 0. The minimum atomic E-state index is -0.229. The van der Waals surface area contributed by atoms with Crippen molar-refractivity contribution in [2.45, 2.75) is 26.7 Å². The molecule has 0 saturated carbocycles. The van der Waals surface area contributed by atoms with Gasteiger partial charge in [0.05, 0.1) is 0 Å². The van der Waals surface area contributed by atoms with Crippen LogP contribution in [-0.2, 0) is 0 Å². The topological polar surface area (TPSA) is 61.5 Å². The first-order valence-electron chi connectivity index (χ1n) is 3.76. The van der Waals surface area contributed by atoms with Crippen molar-refractivity contribution in [3.05, 3.63) is 16.3 Å². The summed E-state index contributed by atoms with van der Waals surface area (Å²) >= 11 is 0. The third-order valence-corrected chi connectivity index (χ3v) is 1.95. The maximum atomic E-state index is 10.6. The van der Waals surface area contributed by atoms with Crippen LogP contribution in [0, 0.1) is 5.92 Å². The first kappa shape index (κ1) is 8.04. The minimum absolute atomic E-state index is 0.229. The molecule has 11 heavy (non-hydrogen) atoms. The summed E-state index contributed by atoms with van der Waals surface area (Å²) in [5, 5.41) is 6.19. The second-order valence-electron chi connectivity index (χ2n) is 3.10. The number of nitrogens with one attached hydrogen (secondary N) is 2. The fraction of sp³-hybridized carbons (Fsp3) is 0.714. The van der Waals surface area contributed by atoms with Gasteiger partial charge in [-0.2, -0.15) is 5.10 Å². The van der Waals surface area contributed by atoms with Gasteiger partial charge in [-0.25, -0.2) is 9.89 Å². The number of rotatable bonds is 2. The summed E-state index contributed by atoms with van der Waals surface area (Å²) in [5.41, 5.74) is -0.229. The van der Waals surface area contributed by atoms with E-state index in [0.717, 1.165) is 5.82 Å². The highest BCUT2D eigenvalue weighted by atomic mass is 16.1. The molecule has 0 saturated heterocycles. The molecular formula is C7H13N3O. The Morgan fingerprint density at radius 3 is 2.36 bits per heavy atom. The van der Waals surface area contributed by atoms with Gasteiger partial charge >= 0.3 is 5.69 Å². The third-order valence-electron chi connectivity index (χ3n) is 1.95. The van der Waals surface area contributed by atoms with E-state index in [4.69, 9.17) is 0 Å². The molecule has 0 aromatic carbocycles. The Morgan fingerprint density at radius 2 is 2.00 bits per heavy atom. The van der Waals surface area contributed by atoms with Crippen LogP contribution in [0.5, 0.6) is 0 Å². The average molecular weight is 155 g/mol. The van der Waals surface area contributed by atoms with Crippen LogP contribution in [0.2, 0.25) is 0 Å². The number of hydrogen-bond donors (Lipinski definition) is 2. The molecule has 1 heterocycles. The van der Waals surface area contributed by atoms with Gasteiger partial charge in [-0.1, -0.05) is 20.8 Å². The van der Waals surface area contributed by atoms with E-state index in [0.29, 0.717) is 11.8 Å². The average Bonchev–Trinajstić information content (AvgIpc) is 2.34. The minimum Gasteiger partial charge on any atom is -0.293 e. The number of aromatic nitrogens is 3. The lowest BCUT2D eigenvalue weighted by Crippen LogP contribution is -2.06. The normalized spacial score (nSPS) is 13.8. The molecule has 0 bridgehead atoms. The van der Waals surface area contributed by atoms with Crippen LogP contribution < -0.4 is 5.69 Å². The van der Waals surface area contributed by atoms with Crippen LogP contribution >= 0.6 is 0 Å². The Balaban J connectivity index is 2.84. The largest absolute Gasteiger partial charge is 0.340 e. The van der Waals surface area contributed by atoms with Crippen LogP contribution in [0.4, 0.5) is 0 Å². The van der Waals surface area contributed by atoms with E-state index >= 15 is 0 Å². The molecule has 4 heteroatoms. The zero-order chi connectivity index (χ0) is 8.43. The van der Waals surface area contributed by atoms with Crippen molar-refractivity contribution in [2.75, 3.05) is 0 Å². The molecule has 1 atom stereocenters. The number of nitrogens with zero attached hydrogens (tertiary/aromatic N) is 1. The van der Waals surface area contributed by atoms with Gasteiger partial charge in [-0.3, -0.25) is 4.98 Å². The first-order valence-corrected chi connectivity index (χ1v) is 3.76. The SMILES string of the molecule is CC(C)C(C)c1n[nH]c(=O)[nH]1. The Bertz CT molecular complexity index is 273. The summed E-state index contributed by atoms with van der Waals surface area (Å²) in [5.74, 6) is 1.54. The van der Waals surface area contributed by atoms with Crippen LogP contribution in [0.1, 0.15) is 32.5 Å². The Kier molecular flexibility index (Phi) is 2.12. The van der Waals surface area contributed by atoms with Crippen molar-refractivity contribution in [3.63, 3.8) is 0 Å². The fourth-order valence-corrected chi connectivity index (χ4v) is 0.815. The lowest BCUT2D eigenvalue weighted by atomic mass is 9.98. The van der Waals surface area contributed by atoms with Gasteiger partial charge in [-0.05, 0) is 5.92 Å². The standard InChI is InChI=1S/C7H13N3O/c1-4(2)5(3)6-8-7(11)10-9-6/h4-5H,1-3H3,(H2,8,9,10,11). The van der Waals surface area contributed by atoms with E-state index < -0.39 is 0 Å². The second kappa shape index (κ2) is 2.90. The third kappa shape index (κ3) is 1.69. The molecule has 0 spiro atoms. The molecule has 0 radical (unpaired) electrons. The summed E-state index contributed by atoms with van der Waals surface area (Å²) in [6.45, 7) is 6.23. The van der Waals surface area contributed by atoms with Crippen LogP contribution in [0.3, 0.4) is 0 Å². The van der Waals surface area contributed by atoms with E-state index in [1.807, 2.05) is 6.92 Å². The van der Waals surface area contributed by atoms with Crippen molar-refractivity contribution in [1.29, 1.82) is 0 Å². The fourth-order valence-electron chi connectivity index (χ4n) is 0.815. The van der Waals surface area contributed by atoms with Crippen LogP contribution in [-0.4, -0.2) is 15.2 Å². The van der Waals surface area contributed by atoms with Gasteiger partial charge in [0.15, 0.2) is 0 Å². The summed E-state index contributed by atoms with van der Waals surface area (Å²) in [6.07, 6.45) is 0. The van der Waals surface area contributed by atoms with E-state index in [-0.39, 0.29) is 5.69 Å². The van der Waals surface area contributed by atoms with Crippen molar-refractivity contribution < 1.29 is 0 Å². The quantitative estimate of drug-likeness (QED) is 0.665. The summed E-state index contributed by atoms with van der Waals surface area (Å²) in [4.78, 5) is 13.3. The highest BCUT2D eigenvalue weighted by Crippen LogP contribution is 2.17. The maximum Gasteiger partial charge on any atom is 0.340 e. The van der Waals surface area contributed by atoms with Gasteiger partial charge in [-0.15, -0.1) is 0 Å². The van der Waals surface area contributed by atoms with E-state index in [1.54, 1.807) is 0 Å². The Morgan fingerprint density at radius 1 is 1.36 bits per heavy atom. The van der Waals surface area contributed by atoms with Crippen LogP contribution in [0.15, 0.2) is 4.79 Å². The number of hydrogen-bond acceptors (Lipinski definition) is 2. The lowest BCUT2D eigenvalue weighted by molar-refractivity contribution is 0.512. The van der Waals surface area contributed by atoms with Gasteiger partial charge in [0.1, 0.15) is 5.82 Å². The highest BCUT2D eigenvalue weighted by Gasteiger charge is 2.12. The van der Waals surface area contributed by atoms with Crippen LogP contribution in [0.25, 0.3) is 0 Å². The summed E-state index contributed by atoms with van der Waals surface area (Å²) in [7, 11) is 0. The second-order valence-corrected chi connectivity index (χ2v) is 3.10. The molecule has 2 N–H and O–H groups in total. The molecular weight excluding hydrogens is 142 g/mol. The van der Waals surface area contributed by atoms with E-state index in [9.17, 15) is 4.79 Å². The predicted molar refractivity (Wildman–Crippen MR) is 42.5 cm³/mol. The molecule has 4 nitrogen and oxygen atoms in total. The molecule has 0 aliphatic carbocycles. The number of aromatic amines is 2. The molecule has 1 unspecified atom stereocenters. The van der Waals surface area contributed by atoms with Crippen molar-refractivity contribution >= 4 is 0 Å². The van der Waals surface area contributed by atoms with Crippen molar-refractivity contribution in [1.82, 2.24) is 15.2 Å². The highest BCUT2D eigenvalue weighted by molar-refractivity contribution is 4.91. The zero-order valence-corrected chi connectivity index (χ0v) is 7.01. The summed E-state index contributed by atoms with van der Waals surface area (Å²) < 4.78 is 0. The molecule has 0 fully saturated rings. The van der Waals surface area contributed by atoms with Crippen molar-refractivity contribution in [3.8, 4) is 0 Å². The number of H-pyrrole nitrogens is 2. The van der Waals surface area contributed by atoms with Gasteiger partial charge < -0.3 is 0 Å². The van der Waals surface area contributed by atoms with E-state index in [1.165, 1.54) is 0 Å². The molecule has 1 aromatic rings. The molecule has 1 rings (SSSR count). The maximum absolute atomic E-state index is 10.6. The Labute approximate surface area is 65.0 Å². The molecule has 62 valence electrons. The molecule has 0 amide bonds. The van der Waals surface area contributed by atoms with Gasteiger partial charge in [0, 0.05) is 5.92 Å². The molecule has 0 aliphatic heterocycles. The monoisotopic (exact) mass is 155 g/mol. The van der Waals surface area contributed by atoms with Gasteiger partial charge in [0.25, 0.3) is 0 Å². The van der Waals surface area contributed by atoms with Gasteiger partial charge in [0.2, 0.25) is 0 Å². The first-order chi connectivity index (χ1) is 5.11.